The summed E-state index contributed by atoms with van der Waals surface area (Å²) in [5, 5.41) is 0.389. The first-order valence-electron chi connectivity index (χ1n) is 8.16. The summed E-state index contributed by atoms with van der Waals surface area (Å²) < 4.78 is 11.8. The van der Waals surface area contributed by atoms with Crippen LogP contribution in [0.5, 0.6) is 11.5 Å². The molecular weight excluding hydrogens is 312 g/mol. The third-order valence-corrected chi connectivity index (χ3v) is 4.23. The van der Waals surface area contributed by atoms with Crippen molar-refractivity contribution in [3.05, 3.63) is 28.3 Å². The first-order chi connectivity index (χ1) is 10.7. The van der Waals surface area contributed by atoms with E-state index in [1.165, 1.54) is 0 Å². The Morgan fingerprint density at radius 2 is 2.00 bits per heavy atom. The lowest BCUT2D eigenvalue weighted by Crippen LogP contribution is -2.30. The van der Waals surface area contributed by atoms with Gasteiger partial charge in [0.2, 0.25) is 0 Å². The maximum atomic E-state index is 12.4. The van der Waals surface area contributed by atoms with E-state index in [1.54, 1.807) is 0 Å². The van der Waals surface area contributed by atoms with Crippen LogP contribution in [0.1, 0.15) is 63.9 Å². The molecule has 0 N–H and O–H groups in total. The van der Waals surface area contributed by atoms with Crippen LogP contribution in [0, 0.1) is 5.92 Å². The number of hydrogen-bond donors (Lipinski definition) is 0. The number of fused-ring (bicyclic) bond motifs is 1. The van der Waals surface area contributed by atoms with Gasteiger partial charge in [0.1, 0.15) is 10.6 Å². The van der Waals surface area contributed by atoms with Crippen molar-refractivity contribution in [1.82, 2.24) is 0 Å². The van der Waals surface area contributed by atoms with Crippen molar-refractivity contribution in [2.45, 2.75) is 53.6 Å². The van der Waals surface area contributed by atoms with E-state index in [9.17, 15) is 4.79 Å². The van der Waals surface area contributed by atoms with Crippen LogP contribution in [0.2, 0.25) is 5.02 Å². The van der Waals surface area contributed by atoms with Crippen molar-refractivity contribution in [1.29, 1.82) is 0 Å². The minimum atomic E-state index is -0.448. The number of carbonyl (C=O) groups is 1. The molecular formula is C19H25ClO3. The molecule has 0 unspecified atom stereocenters. The molecule has 0 amide bonds. The molecule has 0 radical (unpaired) electrons. The number of rotatable bonds is 5. The van der Waals surface area contributed by atoms with E-state index in [4.69, 9.17) is 21.1 Å². The van der Waals surface area contributed by atoms with Crippen LogP contribution in [0.4, 0.5) is 0 Å². The van der Waals surface area contributed by atoms with Gasteiger partial charge in [0.15, 0.2) is 17.3 Å². The largest absolute Gasteiger partial charge is 0.491 e. The number of carbonyl (C=O) groups excluding carboxylic acids is 1. The van der Waals surface area contributed by atoms with Crippen LogP contribution in [0.3, 0.4) is 0 Å². The highest BCUT2D eigenvalue weighted by Gasteiger charge is 2.33. The zero-order valence-electron chi connectivity index (χ0n) is 14.7. The Hall–Kier alpha value is -1.48. The molecule has 0 saturated heterocycles. The van der Waals surface area contributed by atoms with Crippen molar-refractivity contribution in [2.24, 2.45) is 5.92 Å². The van der Waals surface area contributed by atoms with Crippen molar-refractivity contribution in [2.75, 3.05) is 6.61 Å². The Bertz CT molecular complexity index is 657. The van der Waals surface area contributed by atoms with Gasteiger partial charge in [-0.25, -0.2) is 0 Å². The fraction of sp³-hybridized carbons (Fsp3) is 0.526. The topological polar surface area (TPSA) is 35.5 Å². The first kappa shape index (κ1) is 17.9. The second-order valence-corrected chi connectivity index (χ2v) is 6.99. The molecule has 1 heterocycles. The Labute approximate surface area is 143 Å². The normalized spacial score (nSPS) is 15.7. The molecule has 0 atom stereocenters. The van der Waals surface area contributed by atoms with Crippen molar-refractivity contribution >= 4 is 23.0 Å². The molecule has 4 heteroatoms. The standard InChI is InChI=1S/C19H25ClO3/c1-7-15(21)13-9-12-14(11(3)4)10-19(5,6)23-18(12)16(20)17(13)22-8-2/h9-11H,7-8H2,1-6H3. The Morgan fingerprint density at radius 3 is 2.52 bits per heavy atom. The molecule has 0 bridgehead atoms. The highest BCUT2D eigenvalue weighted by molar-refractivity contribution is 6.34. The van der Waals surface area contributed by atoms with E-state index in [-0.39, 0.29) is 5.78 Å². The summed E-state index contributed by atoms with van der Waals surface area (Å²) in [5.41, 5.74) is 2.12. The van der Waals surface area contributed by atoms with Crippen LogP contribution in [-0.2, 0) is 0 Å². The van der Waals surface area contributed by atoms with E-state index in [0.29, 0.717) is 41.0 Å². The van der Waals surface area contributed by atoms with Crippen molar-refractivity contribution in [3.63, 3.8) is 0 Å². The Balaban J connectivity index is 2.76. The smallest absolute Gasteiger partial charge is 0.166 e. The van der Waals surface area contributed by atoms with Crippen LogP contribution in [-0.4, -0.2) is 18.0 Å². The van der Waals surface area contributed by atoms with E-state index in [0.717, 1.165) is 11.1 Å². The maximum Gasteiger partial charge on any atom is 0.166 e. The third-order valence-electron chi connectivity index (χ3n) is 3.89. The molecule has 2 rings (SSSR count). The molecule has 0 spiro atoms. The fourth-order valence-electron chi connectivity index (χ4n) is 2.83. The Kier molecular flexibility index (Phi) is 5.10. The fourth-order valence-corrected chi connectivity index (χ4v) is 3.13. The summed E-state index contributed by atoms with van der Waals surface area (Å²) in [4.78, 5) is 12.4. The lowest BCUT2D eigenvalue weighted by Gasteiger charge is -2.34. The molecule has 0 saturated carbocycles. The summed E-state index contributed by atoms with van der Waals surface area (Å²) in [6.07, 6.45) is 2.51. The quantitative estimate of drug-likeness (QED) is 0.662. The van der Waals surface area contributed by atoms with Gasteiger partial charge in [-0.15, -0.1) is 0 Å². The van der Waals surface area contributed by atoms with E-state index in [1.807, 2.05) is 33.8 Å². The summed E-state index contributed by atoms with van der Waals surface area (Å²) in [6, 6.07) is 1.87. The van der Waals surface area contributed by atoms with Crippen molar-refractivity contribution < 1.29 is 14.3 Å². The van der Waals surface area contributed by atoms with Crippen LogP contribution in [0.15, 0.2) is 12.1 Å². The number of ketones is 1. The monoisotopic (exact) mass is 336 g/mol. The molecule has 23 heavy (non-hydrogen) atoms. The number of ether oxygens (including phenoxy) is 2. The molecule has 0 aliphatic carbocycles. The number of halogens is 1. The van der Waals surface area contributed by atoms with Gasteiger partial charge in [0.25, 0.3) is 0 Å². The summed E-state index contributed by atoms with van der Waals surface area (Å²) in [5.74, 6) is 1.36. The summed E-state index contributed by atoms with van der Waals surface area (Å²) in [6.45, 7) is 12.4. The molecule has 1 aliphatic heterocycles. The van der Waals surface area contributed by atoms with E-state index in [2.05, 4.69) is 19.9 Å². The zero-order valence-corrected chi connectivity index (χ0v) is 15.5. The molecule has 3 nitrogen and oxygen atoms in total. The van der Waals surface area contributed by atoms with Gasteiger partial charge >= 0.3 is 0 Å². The van der Waals surface area contributed by atoms with E-state index >= 15 is 0 Å². The average Bonchev–Trinajstić information content (AvgIpc) is 2.48. The van der Waals surface area contributed by atoms with Crippen LogP contribution in [0.25, 0.3) is 5.57 Å². The van der Waals surface area contributed by atoms with Gasteiger partial charge in [-0.3, -0.25) is 4.79 Å². The molecule has 1 aromatic carbocycles. The lowest BCUT2D eigenvalue weighted by atomic mass is 9.86. The van der Waals surface area contributed by atoms with Gasteiger partial charge in [-0.1, -0.05) is 32.4 Å². The number of benzene rings is 1. The number of allylic oxidation sites excluding steroid dienone is 1. The van der Waals surface area contributed by atoms with E-state index < -0.39 is 5.60 Å². The third kappa shape index (κ3) is 3.40. The molecule has 1 aliphatic rings. The van der Waals surface area contributed by atoms with Crippen LogP contribution < -0.4 is 9.47 Å². The predicted octanol–water partition coefficient (Wildman–Crippen LogP) is 5.54. The van der Waals surface area contributed by atoms with Gasteiger partial charge in [-0.05, 0) is 44.4 Å². The predicted molar refractivity (Wildman–Crippen MR) is 94.8 cm³/mol. The molecule has 0 fully saturated rings. The summed E-state index contributed by atoms with van der Waals surface area (Å²) >= 11 is 6.58. The molecule has 126 valence electrons. The first-order valence-corrected chi connectivity index (χ1v) is 8.54. The minimum Gasteiger partial charge on any atom is -0.491 e. The van der Waals surface area contributed by atoms with Gasteiger partial charge in [-0.2, -0.15) is 0 Å². The Morgan fingerprint density at radius 1 is 1.35 bits per heavy atom. The second-order valence-electron chi connectivity index (χ2n) is 6.61. The van der Waals surface area contributed by atoms with Gasteiger partial charge < -0.3 is 9.47 Å². The minimum absolute atomic E-state index is 0.0195. The van der Waals surface area contributed by atoms with Crippen LogP contribution >= 0.6 is 11.6 Å². The molecule has 1 aromatic rings. The number of Topliss-reactive ketones (excluding diaryl/α,β-unsaturated/α-hetero) is 1. The summed E-state index contributed by atoms with van der Waals surface area (Å²) in [7, 11) is 0. The average molecular weight is 337 g/mol. The SMILES string of the molecule is CCOc1c(C(=O)CC)cc2c(c1Cl)OC(C)(C)C=C2C(C)C. The lowest BCUT2D eigenvalue weighted by molar-refractivity contribution is 0.0984. The zero-order chi connectivity index (χ0) is 17.4. The van der Waals surface area contributed by atoms with Gasteiger partial charge in [0, 0.05) is 12.0 Å². The van der Waals surface area contributed by atoms with Crippen molar-refractivity contribution in [3.8, 4) is 11.5 Å². The highest BCUT2D eigenvalue weighted by atomic mass is 35.5. The van der Waals surface area contributed by atoms with Gasteiger partial charge in [0.05, 0.1) is 12.2 Å². The highest BCUT2D eigenvalue weighted by Crippen LogP contribution is 2.48. The maximum absolute atomic E-state index is 12.4. The number of hydrogen-bond acceptors (Lipinski definition) is 3. The molecule has 0 aromatic heterocycles. The second kappa shape index (κ2) is 6.56.